The molecule has 0 aliphatic carbocycles. The maximum Gasteiger partial charge on any atom is 0.0198 e. The molecule has 0 heterocycles. The molecule has 0 fully saturated rings. The number of nitrogens with one attached hydrogen (secondary N) is 1. The minimum atomic E-state index is 0.715. The zero-order chi connectivity index (χ0) is 10.8. The van der Waals surface area contributed by atoms with Crippen molar-refractivity contribution in [3.8, 4) is 0 Å². The van der Waals surface area contributed by atoms with Gasteiger partial charge in [0.05, 0.1) is 0 Å². The van der Waals surface area contributed by atoms with Gasteiger partial charge in [0, 0.05) is 11.3 Å². The molecule has 0 aliphatic rings. The zero-order valence-electron chi connectivity index (χ0n) is 10.3. The van der Waals surface area contributed by atoms with Gasteiger partial charge in [-0.05, 0) is 32.1 Å². The van der Waals surface area contributed by atoms with Crippen LogP contribution in [0.1, 0.15) is 52.9 Å². The Kier molecular flexibility index (Phi) is 10.1. The van der Waals surface area contributed by atoms with E-state index in [2.05, 4.69) is 44.9 Å². The first-order chi connectivity index (χ1) is 6.79. The van der Waals surface area contributed by atoms with Crippen LogP contribution in [0.3, 0.4) is 0 Å². The third kappa shape index (κ3) is 5.92. The fourth-order valence-corrected chi connectivity index (χ4v) is 3.22. The summed E-state index contributed by atoms with van der Waals surface area (Å²) in [6.45, 7) is 6.85. The van der Waals surface area contributed by atoms with Crippen LogP contribution in [0.5, 0.6) is 0 Å². The van der Waals surface area contributed by atoms with Crippen molar-refractivity contribution in [3.05, 3.63) is 0 Å². The van der Waals surface area contributed by atoms with E-state index < -0.39 is 0 Å². The van der Waals surface area contributed by atoms with Crippen molar-refractivity contribution < 1.29 is 0 Å². The van der Waals surface area contributed by atoms with E-state index in [9.17, 15) is 0 Å². The molecular formula is C12H27NS. The lowest BCUT2D eigenvalue weighted by Crippen LogP contribution is -2.35. The first kappa shape index (κ1) is 14.3. The quantitative estimate of drug-likeness (QED) is 0.591. The van der Waals surface area contributed by atoms with E-state index in [0.29, 0.717) is 6.04 Å². The van der Waals surface area contributed by atoms with Crippen LogP contribution in [-0.2, 0) is 0 Å². The van der Waals surface area contributed by atoms with Crippen LogP contribution in [0.25, 0.3) is 0 Å². The van der Waals surface area contributed by atoms with E-state index in [1.807, 2.05) is 0 Å². The Morgan fingerprint density at radius 1 is 1.14 bits per heavy atom. The lowest BCUT2D eigenvalue weighted by molar-refractivity contribution is 0.490. The summed E-state index contributed by atoms with van der Waals surface area (Å²) in [6.07, 6.45) is 6.58. The average molecular weight is 217 g/mol. The summed E-state index contributed by atoms with van der Waals surface area (Å²) in [6, 6.07) is 0.715. The molecule has 0 saturated carbocycles. The van der Waals surface area contributed by atoms with Crippen LogP contribution in [-0.4, -0.2) is 24.1 Å². The van der Waals surface area contributed by atoms with Crippen molar-refractivity contribution >= 4 is 11.8 Å². The summed E-state index contributed by atoms with van der Waals surface area (Å²) in [5, 5.41) is 4.27. The molecule has 0 aromatic rings. The third-order valence-corrected chi connectivity index (χ3v) is 4.27. The Hall–Kier alpha value is 0.310. The van der Waals surface area contributed by atoms with Crippen LogP contribution in [0, 0.1) is 0 Å². The molecule has 0 radical (unpaired) electrons. The standard InChI is InChI=1S/C12H27NS/c1-5-8-10-14-12(7-3)11(13-4)9-6-2/h11-13H,5-10H2,1-4H3. The predicted molar refractivity (Wildman–Crippen MR) is 69.2 cm³/mol. The first-order valence-electron chi connectivity index (χ1n) is 6.08. The zero-order valence-corrected chi connectivity index (χ0v) is 11.1. The topological polar surface area (TPSA) is 12.0 Å². The molecule has 0 rings (SSSR count). The molecule has 86 valence electrons. The molecule has 0 bridgehead atoms. The highest BCUT2D eigenvalue weighted by molar-refractivity contribution is 7.99. The lowest BCUT2D eigenvalue weighted by Gasteiger charge is -2.25. The van der Waals surface area contributed by atoms with Gasteiger partial charge in [-0.15, -0.1) is 0 Å². The Morgan fingerprint density at radius 3 is 2.29 bits per heavy atom. The SMILES string of the molecule is CCCCSC(CC)C(CCC)NC. The highest BCUT2D eigenvalue weighted by Gasteiger charge is 2.17. The number of hydrogen-bond donors (Lipinski definition) is 1. The van der Waals surface area contributed by atoms with E-state index in [1.54, 1.807) is 0 Å². The second kappa shape index (κ2) is 9.85. The minimum Gasteiger partial charge on any atom is -0.316 e. The Bertz CT molecular complexity index is 117. The molecule has 0 aromatic heterocycles. The summed E-state index contributed by atoms with van der Waals surface area (Å²) >= 11 is 2.16. The second-order valence-electron chi connectivity index (χ2n) is 3.85. The lowest BCUT2D eigenvalue weighted by atomic mass is 10.1. The molecule has 2 heteroatoms. The Labute approximate surface area is 94.4 Å². The summed E-state index contributed by atoms with van der Waals surface area (Å²) < 4.78 is 0. The van der Waals surface area contributed by atoms with E-state index in [0.717, 1.165) is 5.25 Å². The normalized spacial score (nSPS) is 15.4. The molecule has 0 saturated heterocycles. The van der Waals surface area contributed by atoms with Gasteiger partial charge in [-0.3, -0.25) is 0 Å². The van der Waals surface area contributed by atoms with Crippen LogP contribution in [0.15, 0.2) is 0 Å². The van der Waals surface area contributed by atoms with Gasteiger partial charge in [-0.1, -0.05) is 33.6 Å². The summed E-state index contributed by atoms with van der Waals surface area (Å²) in [4.78, 5) is 0. The van der Waals surface area contributed by atoms with Gasteiger partial charge in [-0.25, -0.2) is 0 Å². The molecule has 0 amide bonds. The second-order valence-corrected chi connectivity index (χ2v) is 5.20. The van der Waals surface area contributed by atoms with E-state index in [-0.39, 0.29) is 0 Å². The molecule has 2 atom stereocenters. The molecular weight excluding hydrogens is 190 g/mol. The van der Waals surface area contributed by atoms with Crippen molar-refractivity contribution in [2.75, 3.05) is 12.8 Å². The average Bonchev–Trinajstić information content (AvgIpc) is 2.22. The van der Waals surface area contributed by atoms with Crippen molar-refractivity contribution in [2.45, 2.75) is 64.2 Å². The molecule has 14 heavy (non-hydrogen) atoms. The Balaban J connectivity index is 3.81. The molecule has 1 N–H and O–H groups in total. The molecule has 0 aliphatic heterocycles. The van der Waals surface area contributed by atoms with Gasteiger partial charge in [0.1, 0.15) is 0 Å². The third-order valence-electron chi connectivity index (χ3n) is 2.65. The van der Waals surface area contributed by atoms with Crippen molar-refractivity contribution in [2.24, 2.45) is 0 Å². The predicted octanol–water partition coefficient (Wildman–Crippen LogP) is 3.69. The van der Waals surface area contributed by atoms with Gasteiger partial charge in [0.2, 0.25) is 0 Å². The van der Waals surface area contributed by atoms with Gasteiger partial charge < -0.3 is 5.32 Å². The molecule has 2 unspecified atom stereocenters. The van der Waals surface area contributed by atoms with E-state index in [1.165, 1.54) is 37.9 Å². The summed E-state index contributed by atoms with van der Waals surface area (Å²) in [7, 11) is 2.10. The monoisotopic (exact) mass is 217 g/mol. The van der Waals surface area contributed by atoms with Crippen molar-refractivity contribution in [3.63, 3.8) is 0 Å². The molecule has 0 spiro atoms. The van der Waals surface area contributed by atoms with E-state index in [4.69, 9.17) is 0 Å². The highest BCUT2D eigenvalue weighted by Crippen LogP contribution is 2.22. The van der Waals surface area contributed by atoms with Crippen LogP contribution >= 0.6 is 11.8 Å². The summed E-state index contributed by atoms with van der Waals surface area (Å²) in [5.41, 5.74) is 0. The van der Waals surface area contributed by atoms with Crippen LogP contribution in [0.4, 0.5) is 0 Å². The fourth-order valence-electron chi connectivity index (χ4n) is 1.72. The maximum atomic E-state index is 3.46. The van der Waals surface area contributed by atoms with Crippen LogP contribution < -0.4 is 5.32 Å². The first-order valence-corrected chi connectivity index (χ1v) is 7.13. The van der Waals surface area contributed by atoms with Crippen molar-refractivity contribution in [1.29, 1.82) is 0 Å². The number of hydrogen-bond acceptors (Lipinski definition) is 2. The van der Waals surface area contributed by atoms with Crippen LogP contribution in [0.2, 0.25) is 0 Å². The van der Waals surface area contributed by atoms with Gasteiger partial charge in [0.15, 0.2) is 0 Å². The van der Waals surface area contributed by atoms with Crippen molar-refractivity contribution in [1.82, 2.24) is 5.32 Å². The minimum absolute atomic E-state index is 0.715. The highest BCUT2D eigenvalue weighted by atomic mass is 32.2. The molecule has 0 aromatic carbocycles. The van der Waals surface area contributed by atoms with Gasteiger partial charge in [0.25, 0.3) is 0 Å². The maximum absolute atomic E-state index is 3.46. The van der Waals surface area contributed by atoms with Gasteiger partial charge in [-0.2, -0.15) is 11.8 Å². The number of unbranched alkanes of at least 4 members (excludes halogenated alkanes) is 1. The number of rotatable bonds is 9. The van der Waals surface area contributed by atoms with Gasteiger partial charge >= 0.3 is 0 Å². The largest absolute Gasteiger partial charge is 0.316 e. The van der Waals surface area contributed by atoms with E-state index >= 15 is 0 Å². The Morgan fingerprint density at radius 2 is 1.86 bits per heavy atom. The smallest absolute Gasteiger partial charge is 0.0198 e. The summed E-state index contributed by atoms with van der Waals surface area (Å²) in [5.74, 6) is 1.33. The fraction of sp³-hybridized carbons (Fsp3) is 1.00. The number of thioether (sulfide) groups is 1. The molecule has 1 nitrogen and oxygen atoms in total.